The van der Waals surface area contributed by atoms with E-state index in [0.717, 1.165) is 63.5 Å². The first-order valence-corrected chi connectivity index (χ1v) is 10.2. The second kappa shape index (κ2) is 10.4. The maximum Gasteiger partial charge on any atom is 0.242 e. The number of nitrogens with zero attached hydrogens (tertiary/aromatic N) is 4. The number of piperazine rings is 1. The molecule has 0 aromatic carbocycles. The SMILES string of the molecule is CN=C(NCc1ccnc(OC2CCOCC2)c1)N1CCN(C2CC2)C(=O)C1.I. The lowest BCUT2D eigenvalue weighted by Crippen LogP contribution is -2.55. The van der Waals surface area contributed by atoms with E-state index in [9.17, 15) is 4.79 Å². The number of hydrogen-bond acceptors (Lipinski definition) is 5. The van der Waals surface area contributed by atoms with E-state index in [4.69, 9.17) is 9.47 Å². The highest BCUT2D eigenvalue weighted by Gasteiger charge is 2.36. The standard InChI is InChI=1S/C20H29N5O3.HI/c1-21-20(24-8-9-25(16-2-3-16)19(26)14-24)23-13-15-4-7-22-18(12-15)28-17-5-10-27-11-6-17;/h4,7,12,16-17H,2-3,5-6,8-11,13-14H2,1H3,(H,21,23);1H. The summed E-state index contributed by atoms with van der Waals surface area (Å²) >= 11 is 0. The molecule has 1 aromatic heterocycles. The minimum atomic E-state index is 0. The van der Waals surface area contributed by atoms with Crippen LogP contribution in [0.25, 0.3) is 0 Å². The third-order valence-corrected chi connectivity index (χ3v) is 5.46. The molecular formula is C20H30IN5O3. The molecule has 0 atom stereocenters. The van der Waals surface area contributed by atoms with Gasteiger partial charge in [0, 0.05) is 57.8 Å². The maximum absolute atomic E-state index is 12.4. The van der Waals surface area contributed by atoms with Gasteiger partial charge in [0.1, 0.15) is 6.10 Å². The zero-order chi connectivity index (χ0) is 19.3. The molecule has 3 fully saturated rings. The summed E-state index contributed by atoms with van der Waals surface area (Å²) in [4.78, 5) is 25.1. The van der Waals surface area contributed by atoms with Crippen molar-refractivity contribution in [1.82, 2.24) is 20.1 Å². The summed E-state index contributed by atoms with van der Waals surface area (Å²) in [6.07, 6.45) is 6.05. The normalized spacial score (nSPS) is 21.0. The van der Waals surface area contributed by atoms with Gasteiger partial charge in [0.2, 0.25) is 11.8 Å². The molecule has 160 valence electrons. The maximum atomic E-state index is 12.4. The molecule has 0 unspecified atom stereocenters. The molecular weight excluding hydrogens is 485 g/mol. The Labute approximate surface area is 189 Å². The lowest BCUT2D eigenvalue weighted by atomic mass is 10.1. The molecule has 0 radical (unpaired) electrons. The monoisotopic (exact) mass is 515 g/mol. The van der Waals surface area contributed by atoms with Crippen LogP contribution in [-0.4, -0.2) is 78.7 Å². The van der Waals surface area contributed by atoms with Gasteiger partial charge >= 0.3 is 0 Å². The smallest absolute Gasteiger partial charge is 0.242 e. The number of pyridine rings is 1. The molecule has 1 amide bonds. The Morgan fingerprint density at radius 1 is 1.31 bits per heavy atom. The first-order chi connectivity index (χ1) is 13.7. The molecule has 3 heterocycles. The van der Waals surface area contributed by atoms with E-state index in [2.05, 4.69) is 15.3 Å². The van der Waals surface area contributed by atoms with Crippen molar-refractivity contribution in [3.63, 3.8) is 0 Å². The molecule has 29 heavy (non-hydrogen) atoms. The molecule has 0 bridgehead atoms. The lowest BCUT2D eigenvalue weighted by molar-refractivity contribution is -0.135. The number of aliphatic imine (C=N–C) groups is 1. The third-order valence-electron chi connectivity index (χ3n) is 5.46. The van der Waals surface area contributed by atoms with Gasteiger partial charge in [-0.15, -0.1) is 24.0 Å². The van der Waals surface area contributed by atoms with E-state index in [1.807, 2.05) is 21.9 Å². The van der Waals surface area contributed by atoms with Crippen molar-refractivity contribution in [3.8, 4) is 5.88 Å². The number of halogens is 1. The first-order valence-electron chi connectivity index (χ1n) is 10.2. The van der Waals surface area contributed by atoms with Crippen LogP contribution in [0, 0.1) is 0 Å². The fourth-order valence-corrected chi connectivity index (χ4v) is 3.74. The lowest BCUT2D eigenvalue weighted by Gasteiger charge is -2.36. The van der Waals surface area contributed by atoms with Crippen LogP contribution in [0.2, 0.25) is 0 Å². The number of hydrogen-bond donors (Lipinski definition) is 1. The molecule has 8 nitrogen and oxygen atoms in total. The number of carbonyl (C=O) groups excluding carboxylic acids is 1. The van der Waals surface area contributed by atoms with Crippen LogP contribution >= 0.6 is 24.0 Å². The van der Waals surface area contributed by atoms with Gasteiger partial charge in [-0.05, 0) is 24.5 Å². The van der Waals surface area contributed by atoms with Gasteiger partial charge in [-0.2, -0.15) is 0 Å². The number of guanidine groups is 1. The fraction of sp³-hybridized carbons (Fsp3) is 0.650. The Balaban J connectivity index is 0.00000240. The number of nitrogens with one attached hydrogen (secondary N) is 1. The van der Waals surface area contributed by atoms with E-state index in [1.165, 1.54) is 0 Å². The summed E-state index contributed by atoms with van der Waals surface area (Å²) < 4.78 is 11.4. The van der Waals surface area contributed by atoms with Crippen molar-refractivity contribution in [2.75, 3.05) is 39.9 Å². The summed E-state index contributed by atoms with van der Waals surface area (Å²) in [5.41, 5.74) is 1.07. The second-order valence-corrected chi connectivity index (χ2v) is 7.57. The van der Waals surface area contributed by atoms with Gasteiger partial charge in [0.25, 0.3) is 0 Å². The summed E-state index contributed by atoms with van der Waals surface area (Å²) in [5, 5.41) is 3.37. The Hall–Kier alpha value is -1.62. The van der Waals surface area contributed by atoms with Gasteiger partial charge in [-0.1, -0.05) is 0 Å². The van der Waals surface area contributed by atoms with Crippen molar-refractivity contribution in [2.45, 2.75) is 44.4 Å². The third kappa shape index (κ3) is 5.94. The molecule has 1 saturated carbocycles. The Morgan fingerprint density at radius 2 is 2.10 bits per heavy atom. The van der Waals surface area contributed by atoms with Gasteiger partial charge in [-0.25, -0.2) is 4.98 Å². The van der Waals surface area contributed by atoms with Crippen LogP contribution in [0.15, 0.2) is 23.3 Å². The molecule has 1 aromatic rings. The number of carbonyl (C=O) groups is 1. The molecule has 9 heteroatoms. The summed E-state index contributed by atoms with van der Waals surface area (Å²) in [6, 6.07) is 4.41. The van der Waals surface area contributed by atoms with Gasteiger partial charge in [0.15, 0.2) is 5.96 Å². The molecule has 2 saturated heterocycles. The zero-order valence-corrected chi connectivity index (χ0v) is 19.2. The highest BCUT2D eigenvalue weighted by molar-refractivity contribution is 14.0. The van der Waals surface area contributed by atoms with Crippen molar-refractivity contribution in [1.29, 1.82) is 0 Å². The van der Waals surface area contributed by atoms with Crippen LogP contribution < -0.4 is 10.1 Å². The van der Waals surface area contributed by atoms with E-state index < -0.39 is 0 Å². The van der Waals surface area contributed by atoms with Crippen molar-refractivity contribution >= 4 is 35.8 Å². The Kier molecular flexibility index (Phi) is 7.93. The van der Waals surface area contributed by atoms with Crippen molar-refractivity contribution in [2.24, 2.45) is 4.99 Å². The molecule has 1 aliphatic carbocycles. The van der Waals surface area contributed by atoms with Crippen LogP contribution in [-0.2, 0) is 16.1 Å². The highest BCUT2D eigenvalue weighted by Crippen LogP contribution is 2.28. The Morgan fingerprint density at radius 3 is 2.79 bits per heavy atom. The minimum absolute atomic E-state index is 0. The van der Waals surface area contributed by atoms with Gasteiger partial charge < -0.3 is 24.6 Å². The van der Waals surface area contributed by atoms with Crippen molar-refractivity contribution in [3.05, 3.63) is 23.9 Å². The van der Waals surface area contributed by atoms with Crippen LogP contribution in [0.4, 0.5) is 0 Å². The molecule has 3 aliphatic rings. The Bertz CT molecular complexity index is 722. The topological polar surface area (TPSA) is 79.3 Å². The largest absolute Gasteiger partial charge is 0.474 e. The van der Waals surface area contributed by atoms with E-state index in [-0.39, 0.29) is 36.0 Å². The molecule has 0 spiro atoms. The number of aromatic nitrogens is 1. The summed E-state index contributed by atoms with van der Waals surface area (Å²) in [5.74, 6) is 1.61. The van der Waals surface area contributed by atoms with Crippen LogP contribution in [0.3, 0.4) is 0 Å². The quantitative estimate of drug-likeness (QED) is 0.365. The van der Waals surface area contributed by atoms with Crippen molar-refractivity contribution < 1.29 is 14.3 Å². The number of rotatable bonds is 5. The first kappa shape index (κ1) is 22.1. The van der Waals surface area contributed by atoms with E-state index in [0.29, 0.717) is 25.0 Å². The highest BCUT2D eigenvalue weighted by atomic mass is 127. The number of amides is 1. The average molecular weight is 515 g/mol. The fourth-order valence-electron chi connectivity index (χ4n) is 3.74. The number of ether oxygens (including phenoxy) is 2. The molecule has 2 aliphatic heterocycles. The second-order valence-electron chi connectivity index (χ2n) is 7.57. The minimum Gasteiger partial charge on any atom is -0.474 e. The van der Waals surface area contributed by atoms with Crippen LogP contribution in [0.5, 0.6) is 5.88 Å². The van der Waals surface area contributed by atoms with Gasteiger partial charge in [0.05, 0.1) is 19.8 Å². The van der Waals surface area contributed by atoms with Crippen LogP contribution in [0.1, 0.15) is 31.2 Å². The molecule has 1 N–H and O–H groups in total. The molecule has 4 rings (SSSR count). The zero-order valence-electron chi connectivity index (χ0n) is 16.9. The predicted molar refractivity (Wildman–Crippen MR) is 121 cm³/mol. The summed E-state index contributed by atoms with van der Waals surface area (Å²) in [7, 11) is 1.76. The summed E-state index contributed by atoms with van der Waals surface area (Å²) in [6.45, 7) is 4.09. The van der Waals surface area contributed by atoms with Gasteiger partial charge in [-0.3, -0.25) is 9.79 Å². The average Bonchev–Trinajstić information content (AvgIpc) is 3.55. The predicted octanol–water partition coefficient (Wildman–Crippen LogP) is 1.64. The van der Waals surface area contributed by atoms with E-state index >= 15 is 0 Å². The van der Waals surface area contributed by atoms with E-state index in [1.54, 1.807) is 13.2 Å².